The molecule has 2 rings (SSSR count). The van der Waals surface area contributed by atoms with E-state index in [2.05, 4.69) is 11.6 Å². The number of halogens is 1. The van der Waals surface area contributed by atoms with Gasteiger partial charge >= 0.3 is 0 Å². The molecule has 0 amide bonds. The van der Waals surface area contributed by atoms with E-state index in [1.807, 2.05) is 0 Å². The maximum atomic E-state index is 13.0. The van der Waals surface area contributed by atoms with E-state index in [4.69, 9.17) is 5.73 Å². The zero-order valence-corrected chi connectivity index (χ0v) is 13.1. The Bertz CT molecular complexity index is 581. The maximum absolute atomic E-state index is 13.0. The Morgan fingerprint density at radius 3 is 2.52 bits per heavy atom. The zero-order chi connectivity index (χ0) is 15.5. The van der Waals surface area contributed by atoms with Crippen molar-refractivity contribution in [3.63, 3.8) is 0 Å². The smallest absolute Gasteiger partial charge is 0.242 e. The fourth-order valence-corrected chi connectivity index (χ4v) is 4.44. The summed E-state index contributed by atoms with van der Waals surface area (Å²) >= 11 is 0. The van der Waals surface area contributed by atoms with Crippen LogP contribution in [0.1, 0.15) is 45.4 Å². The topological polar surface area (TPSA) is 72.2 Å². The largest absolute Gasteiger partial charge is 0.398 e. The lowest BCUT2D eigenvalue weighted by Crippen LogP contribution is -2.37. The number of nitrogens with two attached hydrogens (primary N) is 1. The van der Waals surface area contributed by atoms with Crippen molar-refractivity contribution in [1.82, 2.24) is 4.72 Å². The van der Waals surface area contributed by atoms with Crippen LogP contribution in [0.25, 0.3) is 0 Å². The lowest BCUT2D eigenvalue weighted by atomic mass is 9.84. The molecule has 0 saturated heterocycles. The van der Waals surface area contributed by atoms with Crippen molar-refractivity contribution in [2.45, 2.75) is 56.4 Å². The van der Waals surface area contributed by atoms with E-state index in [-0.39, 0.29) is 16.6 Å². The number of anilines is 1. The second-order valence-corrected chi connectivity index (χ2v) is 7.49. The van der Waals surface area contributed by atoms with Crippen molar-refractivity contribution in [3.05, 3.63) is 24.0 Å². The van der Waals surface area contributed by atoms with Gasteiger partial charge in [-0.15, -0.1) is 0 Å². The van der Waals surface area contributed by atoms with Gasteiger partial charge in [-0.2, -0.15) is 0 Å². The maximum Gasteiger partial charge on any atom is 0.242 e. The fourth-order valence-electron chi connectivity index (χ4n) is 3.02. The molecule has 0 aromatic heterocycles. The normalized spacial score (nSPS) is 23.1. The quantitative estimate of drug-likeness (QED) is 0.821. The molecule has 21 heavy (non-hydrogen) atoms. The Kier molecular flexibility index (Phi) is 5.22. The van der Waals surface area contributed by atoms with Gasteiger partial charge in [-0.1, -0.05) is 19.8 Å². The third-order valence-electron chi connectivity index (χ3n) is 4.13. The van der Waals surface area contributed by atoms with E-state index in [0.717, 1.165) is 37.8 Å². The highest BCUT2D eigenvalue weighted by molar-refractivity contribution is 7.89. The number of sulfonamides is 1. The van der Waals surface area contributed by atoms with E-state index in [1.165, 1.54) is 18.9 Å². The molecular formula is C15H23FN2O2S. The monoisotopic (exact) mass is 314 g/mol. The van der Waals surface area contributed by atoms with Gasteiger partial charge in [0, 0.05) is 6.04 Å². The van der Waals surface area contributed by atoms with Gasteiger partial charge in [0.1, 0.15) is 10.7 Å². The highest BCUT2D eigenvalue weighted by Crippen LogP contribution is 2.29. The van der Waals surface area contributed by atoms with Crippen molar-refractivity contribution in [1.29, 1.82) is 0 Å². The van der Waals surface area contributed by atoms with E-state index >= 15 is 0 Å². The van der Waals surface area contributed by atoms with Crippen LogP contribution in [0.5, 0.6) is 0 Å². The molecule has 0 spiro atoms. The molecule has 1 aromatic carbocycles. The van der Waals surface area contributed by atoms with E-state index in [9.17, 15) is 12.8 Å². The first-order valence-electron chi connectivity index (χ1n) is 7.49. The van der Waals surface area contributed by atoms with Crippen molar-refractivity contribution >= 4 is 15.7 Å². The third kappa shape index (κ3) is 4.17. The number of nitrogen functional groups attached to an aromatic ring is 1. The molecule has 1 fully saturated rings. The number of nitrogens with one attached hydrogen (secondary N) is 1. The van der Waals surface area contributed by atoms with Crippen molar-refractivity contribution < 1.29 is 12.8 Å². The number of benzene rings is 1. The predicted molar refractivity (Wildman–Crippen MR) is 81.8 cm³/mol. The number of hydrogen-bond acceptors (Lipinski definition) is 3. The Labute approximate surface area is 126 Å². The minimum Gasteiger partial charge on any atom is -0.398 e. The second kappa shape index (κ2) is 6.75. The Balaban J connectivity index is 2.02. The first-order chi connectivity index (χ1) is 9.92. The zero-order valence-electron chi connectivity index (χ0n) is 12.3. The summed E-state index contributed by atoms with van der Waals surface area (Å²) in [5.74, 6) is 0.179. The summed E-state index contributed by atoms with van der Waals surface area (Å²) in [6.45, 7) is 2.17. The van der Waals surface area contributed by atoms with Crippen LogP contribution in [0.15, 0.2) is 23.1 Å². The first-order valence-corrected chi connectivity index (χ1v) is 8.98. The molecule has 4 nitrogen and oxygen atoms in total. The van der Waals surface area contributed by atoms with Crippen molar-refractivity contribution in [2.24, 2.45) is 5.92 Å². The molecule has 6 heteroatoms. The molecule has 1 saturated carbocycles. The van der Waals surface area contributed by atoms with Crippen LogP contribution in [-0.4, -0.2) is 14.5 Å². The molecule has 0 aliphatic heterocycles. The van der Waals surface area contributed by atoms with Gasteiger partial charge in [-0.3, -0.25) is 0 Å². The molecule has 0 unspecified atom stereocenters. The lowest BCUT2D eigenvalue weighted by molar-refractivity contribution is 0.297. The van der Waals surface area contributed by atoms with Crippen LogP contribution in [0.3, 0.4) is 0 Å². The highest BCUT2D eigenvalue weighted by atomic mass is 32.2. The number of hydrogen-bond donors (Lipinski definition) is 2. The van der Waals surface area contributed by atoms with E-state index in [1.54, 1.807) is 0 Å². The first kappa shape index (κ1) is 16.2. The third-order valence-corrected chi connectivity index (χ3v) is 5.72. The van der Waals surface area contributed by atoms with Gasteiger partial charge in [0.2, 0.25) is 10.0 Å². The molecule has 0 atom stereocenters. The minimum atomic E-state index is -3.68. The van der Waals surface area contributed by atoms with Crippen LogP contribution in [0.4, 0.5) is 10.1 Å². The van der Waals surface area contributed by atoms with Gasteiger partial charge in [0.15, 0.2) is 0 Å². The molecule has 0 bridgehead atoms. The van der Waals surface area contributed by atoms with Crippen molar-refractivity contribution in [3.8, 4) is 0 Å². The van der Waals surface area contributed by atoms with Crippen LogP contribution >= 0.6 is 0 Å². The van der Waals surface area contributed by atoms with Crippen LogP contribution in [0.2, 0.25) is 0 Å². The van der Waals surface area contributed by atoms with Gasteiger partial charge in [-0.05, 0) is 49.8 Å². The summed E-state index contributed by atoms with van der Waals surface area (Å²) < 4.78 is 40.4. The van der Waals surface area contributed by atoms with Crippen LogP contribution in [-0.2, 0) is 10.0 Å². The summed E-state index contributed by atoms with van der Waals surface area (Å²) in [6, 6.07) is 3.32. The van der Waals surface area contributed by atoms with Crippen LogP contribution < -0.4 is 10.5 Å². The summed E-state index contributed by atoms with van der Waals surface area (Å²) in [4.78, 5) is -0.0421. The Morgan fingerprint density at radius 2 is 1.95 bits per heavy atom. The van der Waals surface area contributed by atoms with Crippen molar-refractivity contribution in [2.75, 3.05) is 5.73 Å². The lowest BCUT2D eigenvalue weighted by Gasteiger charge is -2.28. The summed E-state index contributed by atoms with van der Waals surface area (Å²) in [6.07, 6.45) is 6.20. The molecule has 1 aromatic rings. The van der Waals surface area contributed by atoms with Gasteiger partial charge in [0.05, 0.1) is 5.69 Å². The second-order valence-electron chi connectivity index (χ2n) is 5.81. The van der Waals surface area contributed by atoms with Gasteiger partial charge < -0.3 is 5.73 Å². The average Bonchev–Trinajstić information content (AvgIpc) is 2.40. The summed E-state index contributed by atoms with van der Waals surface area (Å²) in [5, 5.41) is 0. The van der Waals surface area contributed by atoms with Gasteiger partial charge in [-0.25, -0.2) is 17.5 Å². The summed E-state index contributed by atoms with van der Waals surface area (Å²) in [7, 11) is -3.68. The highest BCUT2D eigenvalue weighted by Gasteiger charge is 2.26. The fraction of sp³-hybridized carbons (Fsp3) is 0.600. The van der Waals surface area contributed by atoms with E-state index < -0.39 is 15.8 Å². The average molecular weight is 314 g/mol. The molecule has 3 N–H and O–H groups in total. The molecule has 118 valence electrons. The molecule has 1 aliphatic rings. The van der Waals surface area contributed by atoms with Gasteiger partial charge in [0.25, 0.3) is 0 Å². The minimum absolute atomic E-state index is 0.0421. The Hall–Kier alpha value is -1.14. The van der Waals surface area contributed by atoms with Crippen LogP contribution in [0, 0.1) is 11.7 Å². The summed E-state index contributed by atoms with van der Waals surface area (Å²) in [5.41, 5.74) is 5.56. The predicted octanol–water partition coefficient (Wildman–Crippen LogP) is 3.05. The molecule has 0 heterocycles. The van der Waals surface area contributed by atoms with E-state index in [0.29, 0.717) is 5.92 Å². The molecular weight excluding hydrogens is 291 g/mol. The molecule has 1 aliphatic carbocycles. The Morgan fingerprint density at radius 1 is 1.29 bits per heavy atom. The number of rotatable bonds is 5. The standard InChI is InChI=1S/C15H23FN2O2S/c1-2-3-11-4-7-13(8-5-11)18-21(19,20)15-9-6-12(16)10-14(15)17/h6,9-11,13,18H,2-5,7-8,17H2,1H3. The SMILES string of the molecule is CCCC1CCC(NS(=O)(=O)c2ccc(F)cc2N)CC1. The molecule has 0 radical (unpaired) electrons.